The van der Waals surface area contributed by atoms with Crippen molar-refractivity contribution in [2.24, 2.45) is 0 Å². The van der Waals surface area contributed by atoms with Crippen molar-refractivity contribution < 1.29 is 14.1 Å². The number of aryl methyl sites for hydroxylation is 2. The molecule has 8 heteroatoms. The molecule has 26 heavy (non-hydrogen) atoms. The molecule has 1 atom stereocenters. The van der Waals surface area contributed by atoms with Crippen molar-refractivity contribution in [2.75, 3.05) is 5.32 Å². The largest absolute Gasteiger partial charge is 0.481 e. The monoisotopic (exact) mass is 391 g/mol. The van der Waals surface area contributed by atoms with E-state index in [2.05, 4.69) is 15.5 Å². The highest BCUT2D eigenvalue weighted by atomic mass is 35.5. The molecule has 2 heterocycles. The minimum Gasteiger partial charge on any atom is -0.481 e. The van der Waals surface area contributed by atoms with Crippen molar-refractivity contribution in [3.63, 3.8) is 0 Å². The first-order valence-electron chi connectivity index (χ1n) is 8.12. The topological polar surface area (TPSA) is 77.2 Å². The molecule has 1 N–H and O–H groups in total. The number of amides is 1. The molecular formula is C18H18ClN3O3S. The molecule has 2 aromatic heterocycles. The molecule has 6 nitrogen and oxygen atoms in total. The van der Waals surface area contributed by atoms with Gasteiger partial charge < -0.3 is 14.6 Å². The van der Waals surface area contributed by atoms with Gasteiger partial charge in [-0.15, -0.1) is 11.3 Å². The third kappa shape index (κ3) is 4.23. The van der Waals surface area contributed by atoms with Crippen LogP contribution >= 0.6 is 22.9 Å². The van der Waals surface area contributed by atoms with Crippen molar-refractivity contribution in [1.82, 2.24) is 10.1 Å². The maximum Gasteiger partial charge on any atom is 0.265 e. The lowest BCUT2D eigenvalue weighted by molar-refractivity contribution is -0.122. The first-order chi connectivity index (χ1) is 12.5. The molecular weight excluding hydrogens is 374 g/mol. The molecule has 0 bridgehead atoms. The zero-order valence-corrected chi connectivity index (χ0v) is 16.1. The second kappa shape index (κ2) is 7.88. The molecule has 0 fully saturated rings. The van der Waals surface area contributed by atoms with E-state index in [9.17, 15) is 4.79 Å². The number of rotatable bonds is 6. The lowest BCUT2D eigenvalue weighted by atomic mass is 10.3. The Labute approximate surface area is 160 Å². The molecule has 0 spiro atoms. The Morgan fingerprint density at radius 2 is 2.23 bits per heavy atom. The fourth-order valence-electron chi connectivity index (χ4n) is 2.25. The molecule has 0 saturated heterocycles. The molecule has 3 rings (SSSR count). The Balaban J connectivity index is 1.69. The number of nitrogens with one attached hydrogen (secondary N) is 1. The van der Waals surface area contributed by atoms with Crippen molar-refractivity contribution in [3.05, 3.63) is 46.1 Å². The zero-order chi connectivity index (χ0) is 18.7. The molecule has 1 aromatic carbocycles. The number of nitrogens with zero attached hydrogens (tertiary/aromatic N) is 2. The minimum atomic E-state index is -0.673. The zero-order valence-electron chi connectivity index (χ0n) is 14.6. The summed E-state index contributed by atoms with van der Waals surface area (Å²) >= 11 is 7.43. The van der Waals surface area contributed by atoms with Crippen LogP contribution in [0.1, 0.15) is 24.6 Å². The van der Waals surface area contributed by atoms with Gasteiger partial charge in [0, 0.05) is 16.3 Å². The smallest absolute Gasteiger partial charge is 0.265 e. The average molecular weight is 392 g/mol. The van der Waals surface area contributed by atoms with Gasteiger partial charge in [0.15, 0.2) is 6.10 Å². The van der Waals surface area contributed by atoms with Gasteiger partial charge in [-0.2, -0.15) is 4.98 Å². The van der Waals surface area contributed by atoms with Gasteiger partial charge in [0.2, 0.25) is 11.7 Å². The number of carbonyl (C=O) groups excluding carboxylic acids is 1. The number of carbonyl (C=O) groups is 1. The van der Waals surface area contributed by atoms with Gasteiger partial charge in [0.25, 0.3) is 5.91 Å². The SMILES string of the molecule is CCc1nc(-c2cc(NC(=O)[C@@H](C)Oc3cccc(Cl)c3)c(C)s2)no1. The Bertz CT molecular complexity index is 922. The molecule has 0 aliphatic heterocycles. The van der Waals surface area contributed by atoms with E-state index in [0.29, 0.717) is 34.6 Å². The van der Waals surface area contributed by atoms with Crippen LogP contribution in [-0.2, 0) is 11.2 Å². The van der Waals surface area contributed by atoms with Gasteiger partial charge in [-0.05, 0) is 38.1 Å². The summed E-state index contributed by atoms with van der Waals surface area (Å²) in [6.45, 7) is 5.56. The fraction of sp³-hybridized carbons (Fsp3) is 0.278. The highest BCUT2D eigenvalue weighted by Crippen LogP contribution is 2.33. The minimum absolute atomic E-state index is 0.250. The standard InChI is InChI=1S/C18H18ClN3O3S/c1-4-16-21-17(22-25-16)15-9-14(11(3)26-15)20-18(23)10(2)24-13-7-5-6-12(19)8-13/h5-10H,4H2,1-3H3,(H,20,23)/t10-/m1/s1. The number of hydrogen-bond acceptors (Lipinski definition) is 6. The highest BCUT2D eigenvalue weighted by Gasteiger charge is 2.19. The average Bonchev–Trinajstić information content (AvgIpc) is 3.22. The van der Waals surface area contributed by atoms with Crippen molar-refractivity contribution >= 4 is 34.5 Å². The summed E-state index contributed by atoms with van der Waals surface area (Å²) in [7, 11) is 0. The summed E-state index contributed by atoms with van der Waals surface area (Å²) in [4.78, 5) is 18.5. The molecule has 0 unspecified atom stereocenters. The Kier molecular flexibility index (Phi) is 5.58. The summed E-state index contributed by atoms with van der Waals surface area (Å²) in [5, 5.41) is 7.40. The van der Waals surface area contributed by atoms with Crippen LogP contribution in [0.4, 0.5) is 5.69 Å². The summed E-state index contributed by atoms with van der Waals surface area (Å²) in [5.74, 6) is 1.40. The number of benzene rings is 1. The van der Waals surface area contributed by atoms with Gasteiger partial charge in [0.1, 0.15) is 5.75 Å². The molecule has 1 amide bonds. The van der Waals surface area contributed by atoms with E-state index >= 15 is 0 Å². The fourth-order valence-corrected chi connectivity index (χ4v) is 3.33. The Morgan fingerprint density at radius 3 is 2.92 bits per heavy atom. The maximum atomic E-state index is 12.4. The molecule has 0 aliphatic carbocycles. The van der Waals surface area contributed by atoms with Crippen LogP contribution in [0.5, 0.6) is 5.75 Å². The summed E-state index contributed by atoms with van der Waals surface area (Å²) in [6, 6.07) is 8.78. The Hall–Kier alpha value is -2.38. The van der Waals surface area contributed by atoms with Gasteiger partial charge >= 0.3 is 0 Å². The quantitative estimate of drug-likeness (QED) is 0.657. The van der Waals surface area contributed by atoms with Crippen molar-refractivity contribution in [2.45, 2.75) is 33.3 Å². The first kappa shape index (κ1) is 18.4. The van der Waals surface area contributed by atoms with E-state index in [1.165, 1.54) is 11.3 Å². The second-order valence-electron chi connectivity index (χ2n) is 5.65. The van der Waals surface area contributed by atoms with Crippen LogP contribution in [0.3, 0.4) is 0 Å². The van der Waals surface area contributed by atoms with Crippen LogP contribution in [0.15, 0.2) is 34.9 Å². The highest BCUT2D eigenvalue weighted by molar-refractivity contribution is 7.16. The number of halogens is 1. The Morgan fingerprint density at radius 1 is 1.42 bits per heavy atom. The lowest BCUT2D eigenvalue weighted by Crippen LogP contribution is -2.30. The van der Waals surface area contributed by atoms with Gasteiger partial charge in [-0.1, -0.05) is 29.7 Å². The molecule has 0 aliphatic rings. The molecule has 0 saturated carbocycles. The number of anilines is 1. The summed E-state index contributed by atoms with van der Waals surface area (Å²) in [5.41, 5.74) is 0.708. The predicted molar refractivity (Wildman–Crippen MR) is 102 cm³/mol. The van der Waals surface area contributed by atoms with E-state index in [4.69, 9.17) is 20.9 Å². The van der Waals surface area contributed by atoms with Crippen LogP contribution in [-0.4, -0.2) is 22.2 Å². The lowest BCUT2D eigenvalue weighted by Gasteiger charge is -2.14. The van der Waals surface area contributed by atoms with Crippen molar-refractivity contribution in [1.29, 1.82) is 0 Å². The van der Waals surface area contributed by atoms with Crippen LogP contribution in [0.25, 0.3) is 10.7 Å². The van der Waals surface area contributed by atoms with E-state index in [1.807, 2.05) is 19.9 Å². The van der Waals surface area contributed by atoms with Crippen LogP contribution in [0.2, 0.25) is 5.02 Å². The summed E-state index contributed by atoms with van der Waals surface area (Å²) < 4.78 is 10.8. The van der Waals surface area contributed by atoms with Gasteiger partial charge in [0.05, 0.1) is 10.6 Å². The number of aromatic nitrogens is 2. The van der Waals surface area contributed by atoms with E-state index in [0.717, 1.165) is 9.75 Å². The van der Waals surface area contributed by atoms with Crippen molar-refractivity contribution in [3.8, 4) is 16.5 Å². The van der Waals surface area contributed by atoms with E-state index < -0.39 is 6.10 Å². The molecule has 3 aromatic rings. The third-order valence-corrected chi connectivity index (χ3v) is 4.93. The van der Waals surface area contributed by atoms with Gasteiger partial charge in [-0.3, -0.25) is 4.79 Å². The normalized spacial score (nSPS) is 12.0. The third-order valence-electron chi connectivity index (χ3n) is 3.64. The van der Waals surface area contributed by atoms with Crippen LogP contribution in [0, 0.1) is 6.92 Å². The maximum absolute atomic E-state index is 12.4. The van der Waals surface area contributed by atoms with Gasteiger partial charge in [-0.25, -0.2) is 0 Å². The molecule has 0 radical (unpaired) electrons. The number of ether oxygens (including phenoxy) is 1. The molecule has 136 valence electrons. The van der Waals surface area contributed by atoms with E-state index in [1.54, 1.807) is 31.2 Å². The number of thiophene rings is 1. The second-order valence-corrected chi connectivity index (χ2v) is 7.35. The predicted octanol–water partition coefficient (Wildman–Crippen LogP) is 4.73. The van der Waals surface area contributed by atoms with E-state index in [-0.39, 0.29) is 5.91 Å². The number of hydrogen-bond donors (Lipinski definition) is 1. The first-order valence-corrected chi connectivity index (χ1v) is 9.32. The summed E-state index contributed by atoms with van der Waals surface area (Å²) in [6.07, 6.45) is 0.00680. The van der Waals surface area contributed by atoms with Crippen LogP contribution < -0.4 is 10.1 Å².